The first-order chi connectivity index (χ1) is 8.90. The van der Waals surface area contributed by atoms with Gasteiger partial charge >= 0.3 is 0 Å². The van der Waals surface area contributed by atoms with Gasteiger partial charge in [-0.05, 0) is 18.9 Å². The molecule has 0 unspecified atom stereocenters. The van der Waals surface area contributed by atoms with E-state index in [2.05, 4.69) is 0 Å². The molecule has 0 spiro atoms. The number of carbonyl (C=O) groups is 1. The van der Waals surface area contributed by atoms with Crippen LogP contribution in [0.3, 0.4) is 0 Å². The summed E-state index contributed by atoms with van der Waals surface area (Å²) in [4.78, 5) is 12.0. The fourth-order valence-corrected chi connectivity index (χ4v) is 5.64. The van der Waals surface area contributed by atoms with E-state index in [9.17, 15) is 13.2 Å². The predicted octanol–water partition coefficient (Wildman–Crippen LogP) is 3.99. The molecule has 0 aliphatic heterocycles. The van der Waals surface area contributed by atoms with Crippen molar-refractivity contribution in [1.29, 1.82) is 0 Å². The molecule has 0 atom stereocenters. The summed E-state index contributed by atoms with van der Waals surface area (Å²) in [6, 6.07) is 1.44. The summed E-state index contributed by atoms with van der Waals surface area (Å²) in [5, 5.41) is -0.377. The molecule has 1 aliphatic carbocycles. The largest absolute Gasteiger partial charge is 0.293 e. The topological polar surface area (TPSA) is 51.2 Å². The van der Waals surface area contributed by atoms with Gasteiger partial charge in [0.1, 0.15) is 10.1 Å². The van der Waals surface area contributed by atoms with Gasteiger partial charge in [0.2, 0.25) is 0 Å². The summed E-state index contributed by atoms with van der Waals surface area (Å²) in [5.74, 6) is -0.927. The summed E-state index contributed by atoms with van der Waals surface area (Å²) in [5.41, 5.74) is 0.219. The quantitative estimate of drug-likeness (QED) is 0.778. The van der Waals surface area contributed by atoms with Crippen LogP contribution < -0.4 is 0 Å². The number of ketones is 1. The number of rotatable bonds is 4. The third-order valence-electron chi connectivity index (χ3n) is 3.35. The lowest BCUT2D eigenvalue weighted by molar-refractivity contribution is 0.102. The average Bonchev–Trinajstić information content (AvgIpc) is 2.69. The van der Waals surface area contributed by atoms with Crippen molar-refractivity contribution in [2.75, 3.05) is 5.75 Å². The number of sulfone groups is 1. The van der Waals surface area contributed by atoms with Crippen LogP contribution in [-0.2, 0) is 9.84 Å². The Hall–Kier alpha value is -0.100. The van der Waals surface area contributed by atoms with Gasteiger partial charge in [-0.2, -0.15) is 0 Å². The first-order valence-electron chi connectivity index (χ1n) is 6.10. The molecule has 1 aromatic rings. The Labute approximate surface area is 126 Å². The first kappa shape index (κ1) is 15.3. The van der Waals surface area contributed by atoms with Crippen molar-refractivity contribution in [3.8, 4) is 0 Å². The minimum Gasteiger partial charge on any atom is -0.293 e. The van der Waals surface area contributed by atoms with E-state index in [1.165, 1.54) is 6.07 Å². The van der Waals surface area contributed by atoms with E-state index < -0.39 is 21.4 Å². The summed E-state index contributed by atoms with van der Waals surface area (Å²) < 4.78 is 25.0. The molecular formula is C12H14Cl2O3S2. The lowest BCUT2D eigenvalue weighted by atomic mass is 10.0. The second-order valence-electron chi connectivity index (χ2n) is 4.73. The summed E-state index contributed by atoms with van der Waals surface area (Å²) in [6.45, 7) is 0. The zero-order valence-electron chi connectivity index (χ0n) is 10.2. The highest BCUT2D eigenvalue weighted by Gasteiger charge is 2.30. The fourth-order valence-electron chi connectivity index (χ4n) is 2.33. The number of Topliss-reactive ketones (excluding diaryl/α,β-unsaturated/α-hetero) is 1. The van der Waals surface area contributed by atoms with Gasteiger partial charge in [-0.3, -0.25) is 4.79 Å². The van der Waals surface area contributed by atoms with Crippen molar-refractivity contribution in [1.82, 2.24) is 0 Å². The molecule has 106 valence electrons. The second kappa shape index (κ2) is 6.12. The molecule has 1 fully saturated rings. The zero-order valence-corrected chi connectivity index (χ0v) is 13.3. The Bertz CT molecular complexity index is 572. The van der Waals surface area contributed by atoms with Gasteiger partial charge in [0.15, 0.2) is 15.6 Å². The molecule has 1 aliphatic rings. The molecule has 7 heteroatoms. The van der Waals surface area contributed by atoms with E-state index in [0.717, 1.165) is 30.6 Å². The maximum atomic E-state index is 12.2. The Balaban J connectivity index is 2.11. The maximum Gasteiger partial charge on any atom is 0.180 e. The summed E-state index contributed by atoms with van der Waals surface area (Å²) in [7, 11) is -3.38. The number of thiophene rings is 1. The van der Waals surface area contributed by atoms with Crippen LogP contribution in [0.4, 0.5) is 0 Å². The van der Waals surface area contributed by atoms with Crippen LogP contribution in [0.2, 0.25) is 8.67 Å². The molecule has 1 saturated carbocycles. The molecule has 0 amide bonds. The number of halogens is 2. The van der Waals surface area contributed by atoms with Crippen LogP contribution in [-0.4, -0.2) is 25.2 Å². The molecule has 2 rings (SSSR count). The van der Waals surface area contributed by atoms with E-state index >= 15 is 0 Å². The number of hydrogen-bond donors (Lipinski definition) is 0. The van der Waals surface area contributed by atoms with E-state index in [1.807, 2.05) is 0 Å². The van der Waals surface area contributed by atoms with E-state index in [0.29, 0.717) is 17.2 Å². The third-order valence-corrected chi connectivity index (χ3v) is 6.99. The fraction of sp³-hybridized carbons (Fsp3) is 0.583. The second-order valence-corrected chi connectivity index (χ2v) is 9.29. The summed E-state index contributed by atoms with van der Waals surface area (Å²) >= 11 is 12.7. The highest BCUT2D eigenvalue weighted by Crippen LogP contribution is 2.32. The molecule has 0 N–H and O–H groups in total. The molecule has 19 heavy (non-hydrogen) atoms. The van der Waals surface area contributed by atoms with Crippen molar-refractivity contribution in [2.24, 2.45) is 0 Å². The van der Waals surface area contributed by atoms with Gasteiger partial charge in [-0.1, -0.05) is 42.5 Å². The molecular weight excluding hydrogens is 327 g/mol. The monoisotopic (exact) mass is 340 g/mol. The maximum absolute atomic E-state index is 12.2. The van der Waals surface area contributed by atoms with Gasteiger partial charge in [0.05, 0.1) is 9.59 Å². The normalized spacial score (nSPS) is 17.6. The molecule has 0 saturated heterocycles. The van der Waals surface area contributed by atoms with Crippen LogP contribution in [0, 0.1) is 0 Å². The van der Waals surface area contributed by atoms with Gasteiger partial charge < -0.3 is 0 Å². The van der Waals surface area contributed by atoms with Crippen molar-refractivity contribution < 1.29 is 13.2 Å². The van der Waals surface area contributed by atoms with Crippen molar-refractivity contribution in [2.45, 2.75) is 37.4 Å². The predicted molar refractivity (Wildman–Crippen MR) is 79.3 cm³/mol. The van der Waals surface area contributed by atoms with Crippen LogP contribution in [0.5, 0.6) is 0 Å². The highest BCUT2D eigenvalue weighted by atomic mass is 35.5. The van der Waals surface area contributed by atoms with E-state index in [-0.39, 0.29) is 15.1 Å². The van der Waals surface area contributed by atoms with E-state index in [4.69, 9.17) is 23.2 Å². The molecule has 1 aromatic heterocycles. The van der Waals surface area contributed by atoms with Crippen LogP contribution in [0.15, 0.2) is 6.07 Å². The first-order valence-corrected chi connectivity index (χ1v) is 9.38. The molecule has 0 radical (unpaired) electrons. The van der Waals surface area contributed by atoms with E-state index in [1.54, 1.807) is 0 Å². The van der Waals surface area contributed by atoms with Crippen molar-refractivity contribution in [3.05, 3.63) is 20.3 Å². The Morgan fingerprint density at radius 1 is 1.26 bits per heavy atom. The highest BCUT2D eigenvalue weighted by molar-refractivity contribution is 7.92. The lowest BCUT2D eigenvalue weighted by Crippen LogP contribution is -2.29. The van der Waals surface area contributed by atoms with Crippen LogP contribution in [0.1, 0.15) is 42.5 Å². The third kappa shape index (κ3) is 3.72. The standard InChI is InChI=1S/C12H14Cl2O3S2/c13-11-6-9(12(14)18-11)10(15)7-19(16,17)8-4-2-1-3-5-8/h6,8H,1-5,7H2. The summed E-state index contributed by atoms with van der Waals surface area (Å²) in [6.07, 6.45) is 4.24. The van der Waals surface area contributed by atoms with Gasteiger partial charge in [-0.25, -0.2) is 8.42 Å². The molecule has 0 aromatic carbocycles. The smallest absolute Gasteiger partial charge is 0.180 e. The SMILES string of the molecule is O=C(CS(=O)(=O)C1CCCCC1)c1cc(Cl)sc1Cl. The van der Waals surface area contributed by atoms with Crippen LogP contribution >= 0.6 is 34.5 Å². The lowest BCUT2D eigenvalue weighted by Gasteiger charge is -2.21. The van der Waals surface area contributed by atoms with Gasteiger partial charge in [-0.15, -0.1) is 11.3 Å². The molecule has 0 bridgehead atoms. The zero-order chi connectivity index (χ0) is 14.0. The minimum atomic E-state index is -3.38. The van der Waals surface area contributed by atoms with Crippen molar-refractivity contribution in [3.63, 3.8) is 0 Å². The Kier molecular flexibility index (Phi) is 4.93. The minimum absolute atomic E-state index is 0.219. The Morgan fingerprint density at radius 3 is 2.42 bits per heavy atom. The average molecular weight is 341 g/mol. The molecule has 1 heterocycles. The van der Waals surface area contributed by atoms with Crippen molar-refractivity contribution >= 4 is 50.2 Å². The Morgan fingerprint density at radius 2 is 1.89 bits per heavy atom. The van der Waals surface area contributed by atoms with Gasteiger partial charge in [0, 0.05) is 5.56 Å². The number of carbonyl (C=O) groups excluding carboxylic acids is 1. The van der Waals surface area contributed by atoms with Gasteiger partial charge in [0.25, 0.3) is 0 Å². The number of hydrogen-bond acceptors (Lipinski definition) is 4. The van der Waals surface area contributed by atoms with Crippen LogP contribution in [0.25, 0.3) is 0 Å². The molecule has 3 nitrogen and oxygen atoms in total.